The van der Waals surface area contributed by atoms with Crippen LogP contribution < -0.4 is 22.0 Å². The number of sulfonamides is 4. The van der Waals surface area contributed by atoms with Crippen molar-refractivity contribution in [1.82, 2.24) is 9.97 Å². The fourth-order valence-corrected chi connectivity index (χ4v) is 14.8. The number of hydrogen-bond acceptors (Lipinski definition) is 15. The highest BCUT2D eigenvalue weighted by atomic mass is 32.2. The van der Waals surface area contributed by atoms with Gasteiger partial charge >= 0.3 is 36.8 Å². The summed E-state index contributed by atoms with van der Waals surface area (Å²) >= 11 is 0. The lowest BCUT2D eigenvalue weighted by Crippen LogP contribution is -2.40. The molecule has 476 valence electrons. The zero-order valence-electron chi connectivity index (χ0n) is 44.8. The largest absolute Gasteiger partial charge is 0.573 e. The Hall–Kier alpha value is -9.98. The van der Waals surface area contributed by atoms with Gasteiger partial charge in [-0.25, -0.2) is 52.2 Å². The highest BCUT2D eigenvalue weighted by molar-refractivity contribution is 7.93. The molecule has 6 aromatic carbocycles. The minimum atomic E-state index is -5.94. The number of pyridine rings is 2. The van der Waals surface area contributed by atoms with Crippen molar-refractivity contribution in [2.45, 2.75) is 44.5 Å². The minimum absolute atomic E-state index is 0.0600. The Balaban J connectivity index is 1.27. The molecule has 0 spiro atoms. The molecule has 0 amide bonds. The second-order valence-corrected chi connectivity index (χ2v) is 26.2. The van der Waals surface area contributed by atoms with Crippen LogP contribution in [0.4, 0.5) is 75.7 Å². The number of rotatable bonds is 20. The summed E-state index contributed by atoms with van der Waals surface area (Å²) < 4.78 is 290. The van der Waals surface area contributed by atoms with Gasteiger partial charge in [0.05, 0.1) is 72.2 Å². The first-order valence-corrected chi connectivity index (χ1v) is 30.5. The molecule has 0 saturated carbocycles. The van der Waals surface area contributed by atoms with Crippen LogP contribution in [0.1, 0.15) is 16.7 Å². The van der Waals surface area contributed by atoms with Gasteiger partial charge in [-0.2, -0.15) is 50.0 Å². The molecule has 0 aliphatic heterocycles. The number of carboxylic acids is 2. The lowest BCUT2D eigenvalue weighted by molar-refractivity contribution is -0.274. The van der Waals surface area contributed by atoms with Crippen LogP contribution in [-0.2, 0) is 55.9 Å². The number of halogens is 12. The van der Waals surface area contributed by atoms with Gasteiger partial charge in [-0.3, -0.25) is 18.2 Å². The molecule has 21 nitrogen and oxygen atoms in total. The summed E-state index contributed by atoms with van der Waals surface area (Å²) in [5.41, 5.74) is -7.45. The number of aromatic nitrogens is 2. The smallest absolute Gasteiger partial charge is 0.480 e. The number of ether oxygens (including phenoxy) is 1. The molecule has 0 aliphatic carbocycles. The Bertz CT molecular complexity index is 4780. The van der Waals surface area contributed by atoms with Crippen molar-refractivity contribution in [2.75, 3.05) is 43.4 Å². The molecule has 0 atom stereocenters. The predicted octanol–water partition coefficient (Wildman–Crippen LogP) is 10.2. The second-order valence-electron chi connectivity index (χ2n) is 18.8. The lowest BCUT2D eigenvalue weighted by atomic mass is 9.95. The number of nitrogens with zero attached hydrogens (tertiary/aromatic N) is 8. The van der Waals surface area contributed by atoms with Crippen molar-refractivity contribution in [2.24, 2.45) is 0 Å². The fraction of sp³-hybridized carbons (Fsp3) is 0.148. The summed E-state index contributed by atoms with van der Waals surface area (Å²) in [6.45, 7) is -8.03. The van der Waals surface area contributed by atoms with Crippen molar-refractivity contribution >= 4 is 96.6 Å². The van der Waals surface area contributed by atoms with E-state index in [1.807, 2.05) is 0 Å². The van der Waals surface area contributed by atoms with Crippen LogP contribution in [0, 0.1) is 22.7 Å². The molecule has 2 aromatic heterocycles. The molecule has 0 saturated heterocycles. The van der Waals surface area contributed by atoms with Gasteiger partial charge in [0.1, 0.15) is 31.9 Å². The number of anilines is 4. The maximum Gasteiger partial charge on any atom is 0.573 e. The molecular formula is C54H34F12N8O13S4. The molecule has 0 aliphatic rings. The van der Waals surface area contributed by atoms with E-state index in [-0.39, 0.29) is 42.7 Å². The van der Waals surface area contributed by atoms with E-state index in [0.717, 1.165) is 72.8 Å². The highest BCUT2D eigenvalue weighted by Crippen LogP contribution is 2.45. The molecule has 0 bridgehead atoms. The SMILES string of the molecule is N#Cc1ccc(S(=O)(=O)N(CC(F)(F)F)c2cnc(N(CC(=O)O)S(=O)(=O)c3ccc(C(F)(F)F)c(-c4cc(S(=O)(=O)N(CC(F)(F)F)c5cnc(N(CC(=O)O)S(=O)(=O)c6ccc(OC(F)(F)F)cc6)c6ccccc56)ccc4C#N)c3)c3ccccc23)cc1. The van der Waals surface area contributed by atoms with E-state index in [1.165, 1.54) is 6.07 Å². The van der Waals surface area contributed by atoms with Gasteiger partial charge in [0.15, 0.2) is 11.6 Å². The number of fused-ring (bicyclic) bond motifs is 2. The monoisotopic (exact) mass is 1360 g/mol. The molecule has 0 fully saturated rings. The number of carbonyl (C=O) groups is 2. The van der Waals surface area contributed by atoms with Crippen molar-refractivity contribution in [3.63, 3.8) is 0 Å². The van der Waals surface area contributed by atoms with Gasteiger partial charge in [0, 0.05) is 27.1 Å². The standard InChI is InChI=1S/C54H34F12N8O13S4/c55-51(56,57)29-73(89(81,82)34-14-9-31(23-67)10-15-34)45-25-70-50(41-8-4-1-5-38(41)45)72(28-48(77)78)90(83,84)37-19-20-44(53(61,62)63)43(22-37)42-21-36(16-11-32(42)24-68)91(85,86)74(30-52(58,59)60)46-26-69-49(40-7-3-2-6-39(40)46)71(27-47(75)76)88(79,80)35-17-12-33(13-18-35)87-54(64,65)66/h1-22,25-26H,27-30H2,(H,75,76)(H,77,78). The van der Waals surface area contributed by atoms with E-state index >= 15 is 13.2 Å². The Morgan fingerprint density at radius 1 is 0.473 bits per heavy atom. The molecule has 0 radical (unpaired) electrons. The number of hydrogen-bond donors (Lipinski definition) is 2. The van der Waals surface area contributed by atoms with E-state index in [9.17, 15) is 104 Å². The first kappa shape index (κ1) is 67.0. The van der Waals surface area contributed by atoms with Gasteiger partial charge in [0.2, 0.25) is 0 Å². The Labute approximate surface area is 505 Å². The van der Waals surface area contributed by atoms with Gasteiger partial charge in [-0.05, 0) is 90.5 Å². The zero-order chi connectivity index (χ0) is 67.2. The van der Waals surface area contributed by atoms with Crippen molar-refractivity contribution in [3.05, 3.63) is 163 Å². The summed E-state index contributed by atoms with van der Waals surface area (Å²) in [6.07, 6.45) is -21.0. The number of carboxylic acid groups (broad SMARTS) is 2. The number of aliphatic carboxylic acids is 2. The highest BCUT2D eigenvalue weighted by Gasteiger charge is 2.43. The van der Waals surface area contributed by atoms with Gasteiger partial charge in [-0.15, -0.1) is 13.2 Å². The first-order valence-electron chi connectivity index (χ1n) is 24.7. The summed E-state index contributed by atoms with van der Waals surface area (Å²) in [7, 11) is -22.2. The molecule has 8 rings (SSSR count). The van der Waals surface area contributed by atoms with Crippen LogP contribution in [-0.4, -0.2) is 111 Å². The van der Waals surface area contributed by atoms with Gasteiger partial charge in [0.25, 0.3) is 40.1 Å². The lowest BCUT2D eigenvalue weighted by Gasteiger charge is -2.29. The molecule has 2 N–H and O–H groups in total. The van der Waals surface area contributed by atoms with Gasteiger partial charge < -0.3 is 14.9 Å². The van der Waals surface area contributed by atoms with E-state index in [2.05, 4.69) is 14.7 Å². The van der Waals surface area contributed by atoms with Crippen LogP contribution in [0.2, 0.25) is 0 Å². The van der Waals surface area contributed by atoms with Crippen molar-refractivity contribution in [1.29, 1.82) is 10.5 Å². The van der Waals surface area contributed by atoms with E-state index in [0.29, 0.717) is 48.8 Å². The quantitative estimate of drug-likeness (QED) is 0.0670. The van der Waals surface area contributed by atoms with E-state index < -0.39 is 200 Å². The summed E-state index contributed by atoms with van der Waals surface area (Å²) in [5, 5.41) is 37.0. The normalized spacial score (nSPS) is 12.6. The molecule has 91 heavy (non-hydrogen) atoms. The van der Waals surface area contributed by atoms with Crippen molar-refractivity contribution < 1.29 is 111 Å². The predicted molar refractivity (Wildman–Crippen MR) is 295 cm³/mol. The van der Waals surface area contributed by atoms with Crippen molar-refractivity contribution in [3.8, 4) is 29.0 Å². The molecule has 0 unspecified atom stereocenters. The third-order valence-corrected chi connectivity index (χ3v) is 19.8. The van der Waals surface area contributed by atoms with Crippen LogP contribution in [0.5, 0.6) is 5.75 Å². The fourth-order valence-electron chi connectivity index (χ4n) is 9.02. The first-order chi connectivity index (χ1) is 42.2. The molecule has 37 heteroatoms. The van der Waals surface area contributed by atoms with Gasteiger partial charge in [-0.1, -0.05) is 48.5 Å². The summed E-state index contributed by atoms with van der Waals surface area (Å²) in [5.74, 6) is -6.77. The molecule has 2 heterocycles. The maximum atomic E-state index is 15.2. The molecular weight excluding hydrogens is 1320 g/mol. The van der Waals surface area contributed by atoms with Crippen LogP contribution in [0.25, 0.3) is 32.7 Å². The number of alkyl halides is 12. The average molecular weight is 1360 g/mol. The topological polar surface area (TPSA) is 307 Å². The zero-order valence-corrected chi connectivity index (χ0v) is 48.1. The number of benzene rings is 6. The Morgan fingerprint density at radius 3 is 1.24 bits per heavy atom. The second kappa shape index (κ2) is 24.4. The Kier molecular flexibility index (Phi) is 18.0. The Morgan fingerprint density at radius 2 is 0.846 bits per heavy atom. The van der Waals surface area contributed by atoms with Crippen LogP contribution in [0.3, 0.4) is 0 Å². The molecule has 8 aromatic rings. The third-order valence-electron chi connectivity index (χ3n) is 12.8. The van der Waals surface area contributed by atoms with Crippen LogP contribution >= 0.6 is 0 Å². The van der Waals surface area contributed by atoms with E-state index in [4.69, 9.17) is 0 Å². The average Bonchev–Trinajstić information content (AvgIpc) is 0.755. The maximum absolute atomic E-state index is 15.2. The third kappa shape index (κ3) is 14.2. The summed E-state index contributed by atoms with van der Waals surface area (Å²) in [6, 6.07) is 18.8. The minimum Gasteiger partial charge on any atom is -0.480 e. The number of nitriles is 2. The summed E-state index contributed by atoms with van der Waals surface area (Å²) in [4.78, 5) is 28.1. The van der Waals surface area contributed by atoms with E-state index in [1.54, 1.807) is 6.07 Å². The van der Waals surface area contributed by atoms with Crippen LogP contribution in [0.15, 0.2) is 165 Å².